The number of rotatable bonds is 35. The third-order valence-corrected chi connectivity index (χ3v) is 18.1. The van der Waals surface area contributed by atoms with Crippen molar-refractivity contribution in [3.63, 3.8) is 0 Å². The molecule has 10 aromatic carbocycles. The predicted octanol–water partition coefficient (Wildman–Crippen LogP) is 25.5. The van der Waals surface area contributed by atoms with Gasteiger partial charge in [0.1, 0.15) is 28.7 Å². The van der Waals surface area contributed by atoms with Crippen LogP contribution >= 0.6 is 63.1 Å². The molecule has 10 aromatic rings. The lowest BCUT2D eigenvalue weighted by molar-refractivity contribution is 0.309. The normalized spacial score (nSPS) is 10.0. The Labute approximate surface area is 653 Å². The largest absolute Gasteiger partial charge is 0.494 e. The number of hydrogen-bond acceptors (Lipinski definition) is 10. The topological polar surface area (TPSA) is 46.2 Å². The van der Waals surface area contributed by atoms with Crippen molar-refractivity contribution >= 4 is 63.1 Å². The molecule has 0 saturated carbocycles. The first-order valence-electron chi connectivity index (χ1n) is 36.4. The van der Waals surface area contributed by atoms with Crippen LogP contribution in [0.3, 0.4) is 0 Å². The van der Waals surface area contributed by atoms with Crippen LogP contribution in [0.15, 0.2) is 267 Å². The lowest BCUT2D eigenvalue weighted by atomic mass is 10.0. The molecule has 0 aliphatic carbocycles. The van der Waals surface area contributed by atoms with E-state index in [9.17, 15) is 0 Å². The standard InChI is InChI=1S/5C18H22OS.5FH/c5*1-2-3-14-19-17-10-6-15(7-11-17)4-5-16-8-12-18(20)13-9-16;;;;;/h5*6-13,20H,2-5,14H2,1H3;5*1H. The molecule has 0 spiro atoms. The summed E-state index contributed by atoms with van der Waals surface area (Å²) < 4.78 is 28.3. The Hall–Kier alpha value is -7.40. The van der Waals surface area contributed by atoms with Crippen LogP contribution < -0.4 is 23.7 Å². The molecule has 0 amide bonds. The van der Waals surface area contributed by atoms with Gasteiger partial charge in [0, 0.05) is 24.5 Å². The third-order valence-electron chi connectivity index (χ3n) is 16.6. The Bertz CT molecular complexity index is 3110. The van der Waals surface area contributed by atoms with Crippen LogP contribution in [-0.4, -0.2) is 33.0 Å². The molecule has 570 valence electrons. The number of benzene rings is 10. The van der Waals surface area contributed by atoms with Gasteiger partial charge < -0.3 is 23.7 Å². The Morgan fingerprint density at radius 2 is 0.276 bits per heavy atom. The number of halogens is 5. The van der Waals surface area contributed by atoms with Crippen LogP contribution in [-0.2, 0) is 64.2 Å². The molecule has 10 rings (SSSR count). The summed E-state index contributed by atoms with van der Waals surface area (Å²) in [5, 5.41) is 0. The van der Waals surface area contributed by atoms with Crippen molar-refractivity contribution in [3.8, 4) is 28.7 Å². The van der Waals surface area contributed by atoms with Crippen molar-refractivity contribution in [2.24, 2.45) is 0 Å². The first-order chi connectivity index (χ1) is 48.9. The lowest BCUT2D eigenvalue weighted by Gasteiger charge is -2.07. The van der Waals surface area contributed by atoms with Gasteiger partial charge in [0.15, 0.2) is 0 Å². The number of aryl methyl sites for hydroxylation is 10. The zero-order valence-electron chi connectivity index (χ0n) is 62.1. The van der Waals surface area contributed by atoms with Crippen LogP contribution in [0.1, 0.15) is 154 Å². The minimum Gasteiger partial charge on any atom is -0.494 e. The van der Waals surface area contributed by atoms with Gasteiger partial charge in [-0.25, -0.2) is 0 Å². The molecule has 0 aliphatic heterocycles. The van der Waals surface area contributed by atoms with Crippen molar-refractivity contribution in [2.45, 2.75) is 188 Å². The fourth-order valence-corrected chi connectivity index (χ4v) is 10.9. The molecule has 0 aromatic heterocycles. The summed E-state index contributed by atoms with van der Waals surface area (Å²) in [6.45, 7) is 14.9. The van der Waals surface area contributed by atoms with Gasteiger partial charge in [0.05, 0.1) is 33.0 Å². The van der Waals surface area contributed by atoms with Gasteiger partial charge in [-0.1, -0.05) is 188 Å². The first kappa shape index (κ1) is 95.6. The van der Waals surface area contributed by atoms with Gasteiger partial charge in [-0.3, -0.25) is 23.5 Å². The maximum Gasteiger partial charge on any atom is 0.119 e. The van der Waals surface area contributed by atoms with Crippen molar-refractivity contribution in [2.75, 3.05) is 33.0 Å². The summed E-state index contributed by atoms with van der Waals surface area (Å²) in [7, 11) is 0. The number of ether oxygens (including phenoxy) is 5. The van der Waals surface area contributed by atoms with E-state index in [1.807, 2.05) is 60.7 Å². The maximum atomic E-state index is 5.67. The van der Waals surface area contributed by atoms with Crippen LogP contribution in [0.25, 0.3) is 0 Å². The van der Waals surface area contributed by atoms with Crippen molar-refractivity contribution in [1.82, 2.24) is 0 Å². The summed E-state index contributed by atoms with van der Waals surface area (Å²) in [4.78, 5) is 5.08. The number of hydrogen-bond donors (Lipinski definition) is 5. The van der Waals surface area contributed by atoms with Crippen molar-refractivity contribution < 1.29 is 47.2 Å². The first-order valence-corrected chi connectivity index (χ1v) is 38.6. The monoisotopic (exact) mass is 1530 g/mol. The Kier molecular flexibility index (Phi) is 53.5. The van der Waals surface area contributed by atoms with E-state index in [0.717, 1.165) is 183 Å². The van der Waals surface area contributed by atoms with Crippen LogP contribution in [0.2, 0.25) is 0 Å². The van der Waals surface area contributed by atoms with Crippen LogP contribution in [0.5, 0.6) is 28.7 Å². The average molecular weight is 1530 g/mol. The molecule has 0 radical (unpaired) electrons. The Morgan fingerprint density at radius 3 is 0.381 bits per heavy atom. The highest BCUT2D eigenvalue weighted by Crippen LogP contribution is 2.22. The molecule has 0 fully saturated rings. The minimum absolute atomic E-state index is 0. The van der Waals surface area contributed by atoms with E-state index in [0.29, 0.717) is 0 Å². The maximum absolute atomic E-state index is 5.67. The van der Waals surface area contributed by atoms with Crippen molar-refractivity contribution in [3.05, 3.63) is 298 Å². The molecule has 15 heteroatoms. The SMILES string of the molecule is CCCCOc1ccc(CCc2ccc(S)cc2)cc1.CCCCOc1ccc(CCc2ccc(S)cc2)cc1.CCCCOc1ccc(CCc2ccc(S)cc2)cc1.CCCCOc1ccc(CCc2ccc(S)cc2)cc1.CCCCOc1ccc(CCc2ccc(S)cc2)cc1.F.F.F.F.F. The molecule has 0 atom stereocenters. The third kappa shape index (κ3) is 42.5. The molecular formula is C90H115F5O5S5. The minimum atomic E-state index is 0. The summed E-state index contributed by atoms with van der Waals surface area (Å²) in [6.07, 6.45) is 22.0. The number of thiol groups is 5. The summed E-state index contributed by atoms with van der Waals surface area (Å²) in [5.74, 6) is 4.87. The van der Waals surface area contributed by atoms with Gasteiger partial charge >= 0.3 is 0 Å². The van der Waals surface area contributed by atoms with E-state index in [-0.39, 0.29) is 23.5 Å². The molecule has 0 aliphatic rings. The van der Waals surface area contributed by atoms with Gasteiger partial charge in [-0.05, 0) is 273 Å². The molecule has 105 heavy (non-hydrogen) atoms. The fraction of sp³-hybridized carbons (Fsp3) is 0.333. The predicted molar refractivity (Wildman–Crippen MR) is 452 cm³/mol. The summed E-state index contributed by atoms with van der Waals surface area (Å²) >= 11 is 21.5. The smallest absolute Gasteiger partial charge is 0.119 e. The van der Waals surface area contributed by atoms with Gasteiger partial charge in [0.25, 0.3) is 0 Å². The highest BCUT2D eigenvalue weighted by molar-refractivity contribution is 7.81. The second kappa shape index (κ2) is 58.7. The molecule has 0 heterocycles. The molecule has 0 unspecified atom stereocenters. The number of unbranched alkanes of at least 4 members (excludes halogenated alkanes) is 5. The second-order valence-corrected chi connectivity index (χ2v) is 27.6. The summed E-state index contributed by atoms with van der Waals surface area (Å²) in [5.41, 5.74) is 13.5. The Morgan fingerprint density at radius 1 is 0.171 bits per heavy atom. The molecule has 0 saturated heterocycles. The van der Waals surface area contributed by atoms with Crippen LogP contribution in [0, 0.1) is 0 Å². The van der Waals surface area contributed by atoms with Crippen molar-refractivity contribution in [1.29, 1.82) is 0 Å². The zero-order chi connectivity index (χ0) is 71.0. The van der Waals surface area contributed by atoms with E-state index in [1.165, 1.54) is 87.7 Å². The van der Waals surface area contributed by atoms with E-state index in [2.05, 4.69) is 280 Å². The Balaban J connectivity index is 0.000000649. The van der Waals surface area contributed by atoms with E-state index in [4.69, 9.17) is 23.7 Å². The molecule has 5 nitrogen and oxygen atoms in total. The average Bonchev–Trinajstić information content (AvgIpc) is 0.996. The van der Waals surface area contributed by atoms with Crippen LogP contribution in [0.4, 0.5) is 23.5 Å². The van der Waals surface area contributed by atoms with E-state index in [1.54, 1.807) is 0 Å². The second-order valence-electron chi connectivity index (χ2n) is 25.1. The van der Waals surface area contributed by atoms with Gasteiger partial charge in [0.2, 0.25) is 0 Å². The molecule has 0 N–H and O–H groups in total. The van der Waals surface area contributed by atoms with Gasteiger partial charge in [-0.15, -0.1) is 63.1 Å². The molecular weight excluding hydrogens is 1420 g/mol. The lowest BCUT2D eigenvalue weighted by Crippen LogP contribution is -1.97. The quantitative estimate of drug-likeness (QED) is 0.0156. The zero-order valence-corrected chi connectivity index (χ0v) is 66.6. The fourth-order valence-electron chi connectivity index (χ4n) is 10.2. The molecule has 0 bridgehead atoms. The van der Waals surface area contributed by atoms with Gasteiger partial charge in [-0.2, -0.15) is 0 Å². The highest BCUT2D eigenvalue weighted by atomic mass is 32.1. The summed E-state index contributed by atoms with van der Waals surface area (Å²) in [6, 6.07) is 84.2. The highest BCUT2D eigenvalue weighted by Gasteiger charge is 2.05. The van der Waals surface area contributed by atoms with E-state index >= 15 is 0 Å². The van der Waals surface area contributed by atoms with E-state index < -0.39 is 0 Å².